The van der Waals surface area contributed by atoms with Crippen molar-refractivity contribution in [3.63, 3.8) is 0 Å². The summed E-state index contributed by atoms with van der Waals surface area (Å²) in [5.41, 5.74) is 10.2. The van der Waals surface area contributed by atoms with Gasteiger partial charge in [0.1, 0.15) is 0 Å². The fourth-order valence-corrected chi connectivity index (χ4v) is 2.11. The maximum atomic E-state index is 6.09. The third-order valence-electron chi connectivity index (χ3n) is 2.23. The molecule has 2 N–H and O–H groups in total. The monoisotopic (exact) mass is 219 g/mol. The third kappa shape index (κ3) is 2.61. The summed E-state index contributed by atoms with van der Waals surface area (Å²) in [5, 5.41) is 0. The van der Waals surface area contributed by atoms with Crippen LogP contribution in [0, 0.1) is 6.92 Å². The van der Waals surface area contributed by atoms with Gasteiger partial charge in [-0.3, -0.25) is 9.97 Å². The molecule has 0 spiro atoms. The Morgan fingerprint density at radius 2 is 2.20 bits per heavy atom. The predicted molar refractivity (Wildman–Crippen MR) is 61.7 cm³/mol. The highest BCUT2D eigenvalue weighted by Gasteiger charge is 2.08. The summed E-state index contributed by atoms with van der Waals surface area (Å²) < 4.78 is 0. The molecule has 0 saturated carbocycles. The van der Waals surface area contributed by atoms with Gasteiger partial charge in [0, 0.05) is 35.9 Å². The number of thiazole rings is 1. The van der Waals surface area contributed by atoms with Crippen LogP contribution in [0.4, 0.5) is 0 Å². The number of nitrogens with two attached hydrogens (primary N) is 1. The van der Waals surface area contributed by atoms with Crippen LogP contribution in [0.25, 0.3) is 0 Å². The second-order valence-corrected chi connectivity index (χ2v) is 4.54. The van der Waals surface area contributed by atoms with Crippen LogP contribution in [-0.2, 0) is 6.42 Å². The first-order valence-corrected chi connectivity index (χ1v) is 5.68. The van der Waals surface area contributed by atoms with Crippen molar-refractivity contribution in [2.24, 2.45) is 5.73 Å². The smallest absolute Gasteiger partial charge is 0.0794 e. The summed E-state index contributed by atoms with van der Waals surface area (Å²) in [6.07, 6.45) is 6.37. The molecule has 78 valence electrons. The van der Waals surface area contributed by atoms with Crippen molar-refractivity contribution in [2.45, 2.75) is 19.4 Å². The van der Waals surface area contributed by atoms with Gasteiger partial charge in [0.15, 0.2) is 0 Å². The van der Waals surface area contributed by atoms with E-state index < -0.39 is 0 Å². The van der Waals surface area contributed by atoms with Crippen molar-refractivity contribution in [1.82, 2.24) is 9.97 Å². The fraction of sp³-hybridized carbons (Fsp3) is 0.273. The van der Waals surface area contributed by atoms with E-state index in [2.05, 4.69) is 16.0 Å². The van der Waals surface area contributed by atoms with E-state index in [4.69, 9.17) is 5.73 Å². The molecule has 2 rings (SSSR count). The minimum atomic E-state index is 0.0119. The Balaban J connectivity index is 2.11. The molecule has 0 amide bonds. The van der Waals surface area contributed by atoms with Crippen LogP contribution in [-0.4, -0.2) is 9.97 Å². The molecular formula is C11H13N3S. The molecule has 15 heavy (non-hydrogen) atoms. The number of aryl methyl sites for hydroxylation is 1. The quantitative estimate of drug-likeness (QED) is 0.860. The van der Waals surface area contributed by atoms with E-state index in [0.29, 0.717) is 0 Å². The molecule has 4 heteroatoms. The Hall–Kier alpha value is -1.26. The Kier molecular flexibility index (Phi) is 3.08. The number of rotatable bonds is 3. The summed E-state index contributed by atoms with van der Waals surface area (Å²) in [6, 6.07) is 2.09. The maximum Gasteiger partial charge on any atom is 0.0794 e. The van der Waals surface area contributed by atoms with Gasteiger partial charge in [-0.2, -0.15) is 0 Å². The van der Waals surface area contributed by atoms with E-state index in [-0.39, 0.29) is 6.04 Å². The summed E-state index contributed by atoms with van der Waals surface area (Å²) in [5.74, 6) is 0. The molecule has 0 fully saturated rings. The summed E-state index contributed by atoms with van der Waals surface area (Å²) in [4.78, 5) is 9.39. The third-order valence-corrected chi connectivity index (χ3v) is 3.03. The van der Waals surface area contributed by atoms with Gasteiger partial charge >= 0.3 is 0 Å². The van der Waals surface area contributed by atoms with Crippen LogP contribution in [0.2, 0.25) is 0 Å². The van der Waals surface area contributed by atoms with Crippen LogP contribution >= 0.6 is 11.3 Å². The molecule has 0 aliphatic carbocycles. The van der Waals surface area contributed by atoms with E-state index in [1.807, 2.05) is 31.0 Å². The van der Waals surface area contributed by atoms with Gasteiger partial charge in [-0.05, 0) is 18.1 Å². The molecule has 1 unspecified atom stereocenters. The fourth-order valence-electron chi connectivity index (χ4n) is 1.46. The highest BCUT2D eigenvalue weighted by atomic mass is 32.1. The van der Waals surface area contributed by atoms with Crippen molar-refractivity contribution in [3.8, 4) is 0 Å². The highest BCUT2D eigenvalue weighted by molar-refractivity contribution is 7.09. The van der Waals surface area contributed by atoms with E-state index in [9.17, 15) is 0 Å². The molecule has 0 aliphatic rings. The SMILES string of the molecule is Cc1cncc(C(N)Cc2cncs2)c1. The standard InChI is InChI=1S/C11H13N3S/c1-8-2-9(5-13-4-8)11(12)3-10-6-14-7-15-10/h2,4-7,11H,3,12H2,1H3. The lowest BCUT2D eigenvalue weighted by Crippen LogP contribution is -2.13. The highest BCUT2D eigenvalue weighted by Crippen LogP contribution is 2.18. The number of hydrogen-bond acceptors (Lipinski definition) is 4. The molecule has 2 heterocycles. The second-order valence-electron chi connectivity index (χ2n) is 3.57. The van der Waals surface area contributed by atoms with Crippen LogP contribution in [0.15, 0.2) is 30.2 Å². The lowest BCUT2D eigenvalue weighted by atomic mass is 10.1. The van der Waals surface area contributed by atoms with Crippen molar-refractivity contribution in [2.75, 3.05) is 0 Å². The van der Waals surface area contributed by atoms with E-state index in [1.165, 1.54) is 4.88 Å². The minimum absolute atomic E-state index is 0.0119. The average Bonchev–Trinajstić information content (AvgIpc) is 2.70. The molecule has 2 aromatic heterocycles. The van der Waals surface area contributed by atoms with E-state index in [0.717, 1.165) is 17.5 Å². The number of aromatic nitrogens is 2. The van der Waals surface area contributed by atoms with Gasteiger partial charge in [-0.1, -0.05) is 6.07 Å². The first kappa shape index (κ1) is 10.3. The van der Waals surface area contributed by atoms with E-state index in [1.54, 1.807) is 11.3 Å². The van der Waals surface area contributed by atoms with Gasteiger partial charge in [0.05, 0.1) is 5.51 Å². The topological polar surface area (TPSA) is 51.8 Å². The molecule has 1 atom stereocenters. The normalized spacial score (nSPS) is 12.7. The zero-order valence-electron chi connectivity index (χ0n) is 8.55. The molecule has 0 aliphatic heterocycles. The Labute approximate surface area is 93.0 Å². The predicted octanol–water partition coefficient (Wildman–Crippen LogP) is 2.09. The van der Waals surface area contributed by atoms with Crippen molar-refractivity contribution in [3.05, 3.63) is 46.2 Å². The van der Waals surface area contributed by atoms with Gasteiger partial charge in [0.25, 0.3) is 0 Å². The van der Waals surface area contributed by atoms with Gasteiger partial charge in [0.2, 0.25) is 0 Å². The average molecular weight is 219 g/mol. The second kappa shape index (κ2) is 4.51. The summed E-state index contributed by atoms with van der Waals surface area (Å²) in [7, 11) is 0. The Morgan fingerprint density at radius 3 is 2.87 bits per heavy atom. The number of nitrogens with zero attached hydrogens (tertiary/aromatic N) is 2. The molecular weight excluding hydrogens is 206 g/mol. The van der Waals surface area contributed by atoms with Gasteiger partial charge < -0.3 is 5.73 Å². The number of pyridine rings is 1. The lowest BCUT2D eigenvalue weighted by molar-refractivity contribution is 0.724. The molecule has 3 nitrogen and oxygen atoms in total. The minimum Gasteiger partial charge on any atom is -0.324 e. The largest absolute Gasteiger partial charge is 0.324 e. The van der Waals surface area contributed by atoms with Gasteiger partial charge in [-0.25, -0.2) is 0 Å². The Morgan fingerprint density at radius 1 is 1.33 bits per heavy atom. The molecule has 0 radical (unpaired) electrons. The first-order chi connectivity index (χ1) is 7.25. The maximum absolute atomic E-state index is 6.09. The molecule has 0 saturated heterocycles. The van der Waals surface area contributed by atoms with Crippen LogP contribution in [0.1, 0.15) is 22.0 Å². The van der Waals surface area contributed by atoms with Crippen molar-refractivity contribution >= 4 is 11.3 Å². The lowest BCUT2D eigenvalue weighted by Gasteiger charge is -2.10. The molecule has 2 aromatic rings. The van der Waals surface area contributed by atoms with Crippen LogP contribution < -0.4 is 5.73 Å². The zero-order valence-corrected chi connectivity index (χ0v) is 9.37. The summed E-state index contributed by atoms with van der Waals surface area (Å²) in [6.45, 7) is 2.02. The summed E-state index contributed by atoms with van der Waals surface area (Å²) >= 11 is 1.64. The Bertz CT molecular complexity index is 425. The molecule has 0 bridgehead atoms. The number of hydrogen-bond donors (Lipinski definition) is 1. The van der Waals surface area contributed by atoms with Crippen molar-refractivity contribution < 1.29 is 0 Å². The van der Waals surface area contributed by atoms with E-state index >= 15 is 0 Å². The first-order valence-electron chi connectivity index (χ1n) is 4.80. The van der Waals surface area contributed by atoms with Crippen LogP contribution in [0.5, 0.6) is 0 Å². The zero-order chi connectivity index (χ0) is 10.7. The van der Waals surface area contributed by atoms with Crippen LogP contribution in [0.3, 0.4) is 0 Å². The van der Waals surface area contributed by atoms with Crippen molar-refractivity contribution in [1.29, 1.82) is 0 Å². The molecule has 0 aromatic carbocycles. The van der Waals surface area contributed by atoms with Gasteiger partial charge in [-0.15, -0.1) is 11.3 Å².